The van der Waals surface area contributed by atoms with Gasteiger partial charge in [-0.2, -0.15) is 4.98 Å². The highest BCUT2D eigenvalue weighted by Crippen LogP contribution is 2.39. The molecular formula is C23H25FN6O. The van der Waals surface area contributed by atoms with Gasteiger partial charge in [0, 0.05) is 17.8 Å². The SMILES string of the molecule is COc1cccc(Nc2ncc3c(n2)N(C2CCCC2)C(Nc2ccccc2F)N3)c1. The van der Waals surface area contributed by atoms with E-state index in [-0.39, 0.29) is 12.1 Å². The minimum Gasteiger partial charge on any atom is -0.497 e. The first-order valence-corrected chi connectivity index (χ1v) is 10.6. The van der Waals surface area contributed by atoms with Crippen molar-refractivity contribution in [2.24, 2.45) is 0 Å². The van der Waals surface area contributed by atoms with E-state index in [4.69, 9.17) is 9.72 Å². The number of methoxy groups -OCH3 is 1. The number of rotatable bonds is 6. The summed E-state index contributed by atoms with van der Waals surface area (Å²) in [5, 5.41) is 9.98. The number of anilines is 5. The molecule has 3 aromatic rings. The normalized spacial score (nSPS) is 17.9. The average Bonchev–Trinajstić information content (AvgIpc) is 3.43. The standard InChI is InChI=1S/C23H25FN6O/c1-31-17-10-6-7-15(13-17)26-22-25-14-20-21(29-22)30(16-8-2-3-9-16)23(28-20)27-19-12-5-4-11-18(19)24/h4-7,10-14,16,23,27-28H,2-3,8-9H2,1H3,(H,25,26,29). The van der Waals surface area contributed by atoms with Gasteiger partial charge in [0.15, 0.2) is 12.1 Å². The second-order valence-electron chi connectivity index (χ2n) is 7.80. The molecule has 2 aromatic carbocycles. The van der Waals surface area contributed by atoms with E-state index in [2.05, 4.69) is 25.8 Å². The first kappa shape index (κ1) is 19.4. The largest absolute Gasteiger partial charge is 0.497 e. The van der Waals surface area contributed by atoms with Crippen molar-refractivity contribution in [1.82, 2.24) is 9.97 Å². The number of hydrogen-bond donors (Lipinski definition) is 3. The molecule has 1 unspecified atom stereocenters. The average molecular weight is 420 g/mol. The lowest BCUT2D eigenvalue weighted by Crippen LogP contribution is -2.47. The smallest absolute Gasteiger partial charge is 0.229 e. The van der Waals surface area contributed by atoms with E-state index in [1.807, 2.05) is 30.3 Å². The molecule has 1 fully saturated rings. The number of hydrogen-bond acceptors (Lipinski definition) is 7. The number of aromatic nitrogens is 2. The van der Waals surface area contributed by atoms with Crippen molar-refractivity contribution in [3.05, 3.63) is 60.5 Å². The summed E-state index contributed by atoms with van der Waals surface area (Å²) in [7, 11) is 1.64. The van der Waals surface area contributed by atoms with Crippen LogP contribution in [0.1, 0.15) is 25.7 Å². The van der Waals surface area contributed by atoms with Crippen LogP contribution >= 0.6 is 0 Å². The zero-order valence-corrected chi connectivity index (χ0v) is 17.3. The first-order chi connectivity index (χ1) is 15.2. The van der Waals surface area contributed by atoms with Crippen molar-refractivity contribution < 1.29 is 9.13 Å². The third kappa shape index (κ3) is 3.93. The molecule has 1 aliphatic heterocycles. The lowest BCUT2D eigenvalue weighted by molar-refractivity contribution is 0.415. The van der Waals surface area contributed by atoms with Crippen LogP contribution in [0.3, 0.4) is 0 Å². The number of benzene rings is 2. The van der Waals surface area contributed by atoms with E-state index in [9.17, 15) is 4.39 Å². The molecule has 5 rings (SSSR count). The van der Waals surface area contributed by atoms with E-state index in [0.717, 1.165) is 35.8 Å². The summed E-state index contributed by atoms with van der Waals surface area (Å²) < 4.78 is 19.6. The molecule has 1 saturated carbocycles. The molecule has 160 valence electrons. The van der Waals surface area contributed by atoms with E-state index in [1.165, 1.54) is 18.9 Å². The Hall–Kier alpha value is -3.55. The van der Waals surface area contributed by atoms with Crippen molar-refractivity contribution in [3.63, 3.8) is 0 Å². The Morgan fingerprint density at radius 1 is 1.13 bits per heavy atom. The zero-order valence-electron chi connectivity index (χ0n) is 17.3. The highest BCUT2D eigenvalue weighted by Gasteiger charge is 2.37. The van der Waals surface area contributed by atoms with E-state index in [1.54, 1.807) is 25.4 Å². The number of halogens is 1. The van der Waals surface area contributed by atoms with E-state index in [0.29, 0.717) is 17.7 Å². The molecule has 0 saturated heterocycles. The van der Waals surface area contributed by atoms with Crippen LogP contribution in [-0.4, -0.2) is 29.4 Å². The predicted octanol–water partition coefficient (Wildman–Crippen LogP) is 4.94. The zero-order chi connectivity index (χ0) is 21.2. The maximum Gasteiger partial charge on any atom is 0.229 e. The maximum absolute atomic E-state index is 14.3. The summed E-state index contributed by atoms with van der Waals surface area (Å²) in [6.07, 6.45) is 6.01. The second-order valence-corrected chi connectivity index (χ2v) is 7.80. The van der Waals surface area contributed by atoms with Gasteiger partial charge in [-0.05, 0) is 37.1 Å². The fourth-order valence-corrected chi connectivity index (χ4v) is 4.30. The fraction of sp³-hybridized carbons (Fsp3) is 0.304. The van der Waals surface area contributed by atoms with Crippen LogP contribution in [0.2, 0.25) is 0 Å². The van der Waals surface area contributed by atoms with E-state index >= 15 is 0 Å². The highest BCUT2D eigenvalue weighted by atomic mass is 19.1. The van der Waals surface area contributed by atoms with Crippen LogP contribution in [0.15, 0.2) is 54.7 Å². The molecule has 31 heavy (non-hydrogen) atoms. The van der Waals surface area contributed by atoms with Gasteiger partial charge < -0.3 is 25.6 Å². The lowest BCUT2D eigenvalue weighted by atomic mass is 10.2. The Morgan fingerprint density at radius 2 is 1.97 bits per heavy atom. The molecule has 1 aliphatic carbocycles. The van der Waals surface area contributed by atoms with Crippen LogP contribution in [0.5, 0.6) is 5.75 Å². The molecule has 0 spiro atoms. The lowest BCUT2D eigenvalue weighted by Gasteiger charge is -2.32. The van der Waals surface area contributed by atoms with Gasteiger partial charge in [-0.15, -0.1) is 0 Å². The molecule has 7 nitrogen and oxygen atoms in total. The molecule has 0 bridgehead atoms. The van der Waals surface area contributed by atoms with Crippen LogP contribution in [0.4, 0.5) is 33.2 Å². The molecule has 0 radical (unpaired) electrons. The Balaban J connectivity index is 1.44. The van der Waals surface area contributed by atoms with Crippen molar-refractivity contribution in [2.75, 3.05) is 28.0 Å². The number of nitrogens with one attached hydrogen (secondary N) is 3. The van der Waals surface area contributed by atoms with Gasteiger partial charge in [0.2, 0.25) is 5.95 Å². The summed E-state index contributed by atoms with van der Waals surface area (Å²) in [6, 6.07) is 14.7. The van der Waals surface area contributed by atoms with Crippen molar-refractivity contribution in [1.29, 1.82) is 0 Å². The van der Waals surface area contributed by atoms with E-state index < -0.39 is 0 Å². The summed E-state index contributed by atoms with van der Waals surface area (Å²) >= 11 is 0. The number of nitrogens with zero attached hydrogens (tertiary/aromatic N) is 3. The Morgan fingerprint density at radius 3 is 2.77 bits per heavy atom. The first-order valence-electron chi connectivity index (χ1n) is 10.6. The van der Waals surface area contributed by atoms with Gasteiger partial charge in [0.25, 0.3) is 0 Å². The monoisotopic (exact) mass is 420 g/mol. The van der Waals surface area contributed by atoms with Crippen molar-refractivity contribution in [3.8, 4) is 5.75 Å². The van der Waals surface area contributed by atoms with Gasteiger partial charge in [0.05, 0.1) is 24.7 Å². The van der Waals surface area contributed by atoms with Gasteiger partial charge in [-0.25, -0.2) is 9.37 Å². The van der Waals surface area contributed by atoms with Crippen LogP contribution in [0.25, 0.3) is 0 Å². The quantitative estimate of drug-likeness (QED) is 0.522. The second kappa shape index (κ2) is 8.29. The summed E-state index contributed by atoms with van der Waals surface area (Å²) in [5.41, 5.74) is 2.13. The maximum atomic E-state index is 14.3. The number of ether oxygens (including phenoxy) is 1. The molecule has 1 atom stereocenters. The summed E-state index contributed by atoms with van der Waals surface area (Å²) in [4.78, 5) is 11.5. The summed E-state index contributed by atoms with van der Waals surface area (Å²) in [6.45, 7) is 0. The van der Waals surface area contributed by atoms with Crippen LogP contribution in [0, 0.1) is 5.82 Å². The van der Waals surface area contributed by atoms with Gasteiger partial charge in [-0.1, -0.05) is 31.0 Å². The Bertz CT molecular complexity index is 1070. The minimum absolute atomic E-state index is 0.280. The van der Waals surface area contributed by atoms with Gasteiger partial charge in [-0.3, -0.25) is 0 Å². The molecule has 8 heteroatoms. The molecule has 0 amide bonds. The van der Waals surface area contributed by atoms with Gasteiger partial charge in [0.1, 0.15) is 11.6 Å². The Labute approximate surface area is 180 Å². The minimum atomic E-state index is -0.295. The third-order valence-corrected chi connectivity index (χ3v) is 5.79. The molecule has 3 N–H and O–H groups in total. The summed E-state index contributed by atoms with van der Waals surface area (Å²) in [5.74, 6) is 1.80. The topological polar surface area (TPSA) is 74.3 Å². The molecule has 1 aromatic heterocycles. The van der Waals surface area contributed by atoms with Crippen LogP contribution < -0.4 is 25.6 Å². The predicted molar refractivity (Wildman–Crippen MR) is 120 cm³/mol. The van der Waals surface area contributed by atoms with Gasteiger partial charge >= 0.3 is 0 Å². The molecule has 2 heterocycles. The Kier molecular flexibility index (Phi) is 5.19. The van der Waals surface area contributed by atoms with Crippen LogP contribution in [-0.2, 0) is 0 Å². The van der Waals surface area contributed by atoms with Crippen molar-refractivity contribution >= 4 is 28.8 Å². The third-order valence-electron chi connectivity index (χ3n) is 5.79. The number of fused-ring (bicyclic) bond motifs is 1. The highest BCUT2D eigenvalue weighted by molar-refractivity contribution is 5.75. The molecular weight excluding hydrogens is 395 g/mol. The number of para-hydroxylation sites is 1. The fourth-order valence-electron chi connectivity index (χ4n) is 4.30. The molecule has 2 aliphatic rings. The van der Waals surface area contributed by atoms with Crippen molar-refractivity contribution in [2.45, 2.75) is 38.0 Å².